The average molecular weight is 297 g/mol. The average Bonchev–Trinajstić information content (AvgIpc) is 2.41. The predicted octanol–water partition coefficient (Wildman–Crippen LogP) is 2.86. The second kappa shape index (κ2) is 6.46. The lowest BCUT2D eigenvalue weighted by atomic mass is 9.70. The van der Waals surface area contributed by atoms with Crippen LogP contribution in [-0.4, -0.2) is 24.3 Å². The van der Waals surface area contributed by atoms with E-state index in [9.17, 15) is 9.90 Å². The van der Waals surface area contributed by atoms with Gasteiger partial charge in [-0.15, -0.1) is 0 Å². The number of hydrogen-bond donors (Lipinski definition) is 3. The molecular weight excluding hydrogens is 276 g/mol. The number of carbonyl (C=O) groups is 1. The highest BCUT2D eigenvalue weighted by Gasteiger charge is 2.32. The fourth-order valence-corrected chi connectivity index (χ4v) is 2.52. The molecule has 4 nitrogen and oxygen atoms in total. The Bertz CT molecular complexity index is 457. The molecule has 0 heterocycles. The maximum Gasteiger partial charge on any atom is 0.315 e. The maximum atomic E-state index is 11.9. The first-order valence-corrected chi connectivity index (χ1v) is 7.31. The summed E-state index contributed by atoms with van der Waals surface area (Å²) in [7, 11) is 0. The summed E-state index contributed by atoms with van der Waals surface area (Å²) in [6.45, 7) is 2.71. The molecule has 110 valence electrons. The van der Waals surface area contributed by atoms with E-state index in [-0.39, 0.29) is 18.1 Å². The molecule has 0 saturated heterocycles. The van der Waals surface area contributed by atoms with Gasteiger partial charge in [-0.3, -0.25) is 0 Å². The third kappa shape index (κ3) is 3.87. The lowest BCUT2D eigenvalue weighted by Crippen LogP contribution is -2.45. The van der Waals surface area contributed by atoms with Gasteiger partial charge in [0.2, 0.25) is 0 Å². The predicted molar refractivity (Wildman–Crippen MR) is 79.8 cm³/mol. The van der Waals surface area contributed by atoms with Crippen molar-refractivity contribution in [3.63, 3.8) is 0 Å². The number of carbonyl (C=O) groups excluding carboxylic acids is 1. The number of aliphatic hydroxyl groups excluding tert-OH is 1. The van der Waals surface area contributed by atoms with E-state index in [1.807, 2.05) is 0 Å². The van der Waals surface area contributed by atoms with Crippen molar-refractivity contribution in [2.24, 2.45) is 5.41 Å². The van der Waals surface area contributed by atoms with Gasteiger partial charge < -0.3 is 15.7 Å². The van der Waals surface area contributed by atoms with Gasteiger partial charge in [0, 0.05) is 11.6 Å². The number of urea groups is 1. The van der Waals surface area contributed by atoms with Crippen molar-refractivity contribution in [2.45, 2.75) is 32.2 Å². The van der Waals surface area contributed by atoms with Crippen LogP contribution in [-0.2, 0) is 0 Å². The quantitative estimate of drug-likeness (QED) is 0.782. The first-order chi connectivity index (χ1) is 9.52. The third-order valence-corrected chi connectivity index (χ3v) is 4.25. The molecule has 1 unspecified atom stereocenters. The van der Waals surface area contributed by atoms with Gasteiger partial charge in [0.25, 0.3) is 0 Å². The highest BCUT2D eigenvalue weighted by molar-refractivity contribution is 6.30. The Hall–Kier alpha value is -1.26. The second-order valence-corrected chi connectivity index (χ2v) is 6.21. The Kier molecular flexibility index (Phi) is 4.89. The van der Waals surface area contributed by atoms with Crippen LogP contribution >= 0.6 is 11.6 Å². The summed E-state index contributed by atoms with van der Waals surface area (Å²) in [4.78, 5) is 11.9. The van der Waals surface area contributed by atoms with Crippen LogP contribution in [0.25, 0.3) is 0 Å². The molecule has 1 fully saturated rings. The Balaban J connectivity index is 1.85. The van der Waals surface area contributed by atoms with Crippen molar-refractivity contribution in [3.8, 4) is 0 Å². The van der Waals surface area contributed by atoms with E-state index >= 15 is 0 Å². The molecule has 3 N–H and O–H groups in total. The molecule has 1 aromatic carbocycles. The van der Waals surface area contributed by atoms with Crippen LogP contribution in [0.2, 0.25) is 5.02 Å². The van der Waals surface area contributed by atoms with E-state index < -0.39 is 6.04 Å². The monoisotopic (exact) mass is 296 g/mol. The Labute approximate surface area is 124 Å². The molecule has 1 aliphatic carbocycles. The first kappa shape index (κ1) is 15.1. The Morgan fingerprint density at radius 1 is 1.40 bits per heavy atom. The van der Waals surface area contributed by atoms with Gasteiger partial charge in [0.1, 0.15) is 0 Å². The molecule has 1 aliphatic rings. The second-order valence-electron chi connectivity index (χ2n) is 5.78. The fraction of sp³-hybridized carbons (Fsp3) is 0.533. The van der Waals surface area contributed by atoms with E-state index in [0.29, 0.717) is 11.6 Å². The van der Waals surface area contributed by atoms with Gasteiger partial charge in [0.15, 0.2) is 0 Å². The molecule has 0 aliphatic heterocycles. The van der Waals surface area contributed by atoms with Crippen molar-refractivity contribution in [3.05, 3.63) is 34.9 Å². The SMILES string of the molecule is CC1(CNC(=O)NC(CO)c2ccc(Cl)cc2)CCC1. The minimum Gasteiger partial charge on any atom is -0.394 e. The number of hydrogen-bond acceptors (Lipinski definition) is 2. The number of rotatable bonds is 5. The van der Waals surface area contributed by atoms with Crippen molar-refractivity contribution < 1.29 is 9.90 Å². The van der Waals surface area contributed by atoms with Crippen molar-refractivity contribution in [1.29, 1.82) is 0 Å². The van der Waals surface area contributed by atoms with Crippen molar-refractivity contribution >= 4 is 17.6 Å². The zero-order valence-electron chi connectivity index (χ0n) is 11.7. The van der Waals surface area contributed by atoms with Crippen LogP contribution in [0.15, 0.2) is 24.3 Å². The summed E-state index contributed by atoms with van der Waals surface area (Å²) >= 11 is 5.83. The smallest absolute Gasteiger partial charge is 0.315 e. The Morgan fingerprint density at radius 2 is 2.05 bits per heavy atom. The summed E-state index contributed by atoms with van der Waals surface area (Å²) in [5, 5.41) is 15.7. The largest absolute Gasteiger partial charge is 0.394 e. The van der Waals surface area contributed by atoms with Gasteiger partial charge in [-0.25, -0.2) is 4.79 Å². The summed E-state index contributed by atoms with van der Waals surface area (Å²) in [6.07, 6.45) is 3.56. The number of halogens is 1. The standard InChI is InChI=1S/C15H21ClN2O2/c1-15(7-2-8-15)10-17-14(20)18-13(9-19)11-3-5-12(16)6-4-11/h3-6,13,19H,2,7-10H2,1H3,(H2,17,18,20). The third-order valence-electron chi connectivity index (χ3n) is 4.00. The van der Waals surface area contributed by atoms with Gasteiger partial charge in [-0.05, 0) is 36.0 Å². The van der Waals surface area contributed by atoms with Gasteiger partial charge in [-0.1, -0.05) is 37.1 Å². The lowest BCUT2D eigenvalue weighted by Gasteiger charge is -2.38. The molecule has 0 aromatic heterocycles. The van der Waals surface area contributed by atoms with E-state index in [1.165, 1.54) is 6.42 Å². The highest BCUT2D eigenvalue weighted by atomic mass is 35.5. The number of benzene rings is 1. The van der Waals surface area contributed by atoms with E-state index in [4.69, 9.17) is 11.6 Å². The minimum absolute atomic E-state index is 0.147. The minimum atomic E-state index is -0.415. The molecule has 2 rings (SSSR count). The molecule has 20 heavy (non-hydrogen) atoms. The molecular formula is C15H21ClN2O2. The van der Waals surface area contributed by atoms with Crippen LogP contribution in [0, 0.1) is 5.41 Å². The summed E-state index contributed by atoms with van der Waals surface area (Å²) in [5.74, 6) is 0. The Morgan fingerprint density at radius 3 is 2.55 bits per heavy atom. The topological polar surface area (TPSA) is 61.4 Å². The van der Waals surface area contributed by atoms with E-state index in [2.05, 4.69) is 17.6 Å². The number of amides is 2. The lowest BCUT2D eigenvalue weighted by molar-refractivity contribution is 0.155. The van der Waals surface area contributed by atoms with Crippen LogP contribution in [0.1, 0.15) is 37.8 Å². The normalized spacial score (nSPS) is 17.9. The molecule has 1 aromatic rings. The zero-order valence-corrected chi connectivity index (χ0v) is 12.4. The van der Waals surface area contributed by atoms with Gasteiger partial charge in [-0.2, -0.15) is 0 Å². The van der Waals surface area contributed by atoms with E-state index in [0.717, 1.165) is 18.4 Å². The van der Waals surface area contributed by atoms with Crippen LogP contribution in [0.5, 0.6) is 0 Å². The molecule has 0 bridgehead atoms. The van der Waals surface area contributed by atoms with Crippen LogP contribution in [0.4, 0.5) is 4.79 Å². The molecule has 2 amide bonds. The molecule has 5 heteroatoms. The number of aliphatic hydroxyl groups is 1. The molecule has 1 atom stereocenters. The summed E-state index contributed by atoms with van der Waals surface area (Å²) in [5.41, 5.74) is 1.08. The summed E-state index contributed by atoms with van der Waals surface area (Å²) in [6, 6.07) is 6.44. The van der Waals surface area contributed by atoms with Crippen molar-refractivity contribution in [2.75, 3.05) is 13.2 Å². The van der Waals surface area contributed by atoms with Crippen LogP contribution in [0.3, 0.4) is 0 Å². The van der Waals surface area contributed by atoms with Crippen LogP contribution < -0.4 is 10.6 Å². The molecule has 1 saturated carbocycles. The summed E-state index contributed by atoms with van der Waals surface area (Å²) < 4.78 is 0. The van der Waals surface area contributed by atoms with Crippen molar-refractivity contribution in [1.82, 2.24) is 10.6 Å². The molecule has 0 radical (unpaired) electrons. The first-order valence-electron chi connectivity index (χ1n) is 6.93. The van der Waals surface area contributed by atoms with Gasteiger partial charge >= 0.3 is 6.03 Å². The number of nitrogens with one attached hydrogen (secondary N) is 2. The van der Waals surface area contributed by atoms with Gasteiger partial charge in [0.05, 0.1) is 12.6 Å². The molecule has 0 spiro atoms. The zero-order chi connectivity index (χ0) is 14.6. The highest BCUT2D eigenvalue weighted by Crippen LogP contribution is 2.39. The van der Waals surface area contributed by atoms with E-state index in [1.54, 1.807) is 24.3 Å². The maximum absolute atomic E-state index is 11.9. The fourth-order valence-electron chi connectivity index (χ4n) is 2.39.